The quantitative estimate of drug-likeness (QED) is 0.152. The molecule has 2 atom stereocenters. The van der Waals surface area contributed by atoms with Gasteiger partial charge in [0.15, 0.2) is 5.52 Å². The molecule has 10 nitrogen and oxygen atoms in total. The molecule has 0 aliphatic rings. The summed E-state index contributed by atoms with van der Waals surface area (Å²) in [5, 5.41) is 41.0. The van der Waals surface area contributed by atoms with Gasteiger partial charge in [0.05, 0.1) is 29.4 Å². The number of likely N-dealkylation sites (N-methyl/N-ethyl adjacent to an activating group) is 1. The van der Waals surface area contributed by atoms with Crippen molar-refractivity contribution in [3.8, 4) is 0 Å². The van der Waals surface area contributed by atoms with Crippen LogP contribution in [0.1, 0.15) is 51.4 Å². The van der Waals surface area contributed by atoms with Gasteiger partial charge in [-0.3, -0.25) is 10.1 Å². The van der Waals surface area contributed by atoms with E-state index in [9.17, 15) is 20.3 Å². The van der Waals surface area contributed by atoms with Crippen LogP contribution in [0.5, 0.6) is 0 Å². The predicted octanol–water partition coefficient (Wildman–Crippen LogP) is 3.50. The van der Waals surface area contributed by atoms with Gasteiger partial charge in [-0.1, -0.05) is 44.3 Å². The van der Waals surface area contributed by atoms with Gasteiger partial charge in [0.1, 0.15) is 0 Å². The van der Waals surface area contributed by atoms with Gasteiger partial charge in [-0.2, -0.15) is 0 Å². The maximum absolute atomic E-state index is 11.0. The number of aromatic nitrogens is 2. The van der Waals surface area contributed by atoms with Gasteiger partial charge in [0, 0.05) is 12.6 Å². The summed E-state index contributed by atoms with van der Waals surface area (Å²) in [4.78, 5) is 12.4. The van der Waals surface area contributed by atoms with Gasteiger partial charge in [0.2, 0.25) is 5.52 Å². The number of rotatable bonds is 16. The highest BCUT2D eigenvalue weighted by molar-refractivity contribution is 5.93. The number of anilines is 1. The fourth-order valence-electron chi connectivity index (χ4n) is 3.58. The number of nitro benzene ring substituents is 1. The average Bonchev–Trinajstić information content (AvgIpc) is 3.24. The summed E-state index contributed by atoms with van der Waals surface area (Å²) in [6.45, 7) is 0.693. The third-order valence-electron chi connectivity index (χ3n) is 5.53. The second-order valence-corrected chi connectivity index (χ2v) is 8.17. The van der Waals surface area contributed by atoms with Gasteiger partial charge >= 0.3 is 5.69 Å². The van der Waals surface area contributed by atoms with Gasteiger partial charge in [-0.15, -0.1) is 0 Å². The van der Waals surface area contributed by atoms with E-state index >= 15 is 0 Å². The first-order valence-corrected chi connectivity index (χ1v) is 11.2. The van der Waals surface area contributed by atoms with Crippen molar-refractivity contribution in [3.05, 3.63) is 34.4 Å². The van der Waals surface area contributed by atoms with Crippen molar-refractivity contribution in [1.82, 2.24) is 15.2 Å². The third kappa shape index (κ3) is 7.85. The van der Waals surface area contributed by atoms with Crippen LogP contribution in [0.2, 0.25) is 0 Å². The normalized spacial score (nSPS) is 13.8. The Morgan fingerprint density at radius 2 is 1.78 bits per heavy atom. The van der Waals surface area contributed by atoms with E-state index in [1.165, 1.54) is 25.3 Å². The van der Waals surface area contributed by atoms with Crippen molar-refractivity contribution in [1.29, 1.82) is 0 Å². The van der Waals surface area contributed by atoms with Crippen molar-refractivity contribution < 1.29 is 19.8 Å². The molecule has 1 aromatic carbocycles. The minimum atomic E-state index is -0.647. The second kappa shape index (κ2) is 13.8. The van der Waals surface area contributed by atoms with E-state index in [2.05, 4.69) is 20.3 Å². The number of unbranched alkanes of at least 4 members (excludes halogenated alkanes) is 7. The molecule has 0 bridgehead atoms. The summed E-state index contributed by atoms with van der Waals surface area (Å²) < 4.78 is 4.67. The zero-order chi connectivity index (χ0) is 23.3. The molecule has 1 aromatic heterocycles. The summed E-state index contributed by atoms with van der Waals surface area (Å²) in [5.74, 6) is 0. The summed E-state index contributed by atoms with van der Waals surface area (Å²) in [6.07, 6.45) is 12.0. The standard InChI is InChI=1S/C22H35N5O5/c1-26(2)19(16-28)20(29)12-10-8-6-4-3-5-7-9-11-15-23-17-13-14-18(27(30)31)22-21(17)24-32-25-22/h10,12-14,19-20,23,28-29H,3-9,11,15-16H2,1-2H3/b12-10+/t19-,20+/m0/s1. The Morgan fingerprint density at radius 3 is 2.44 bits per heavy atom. The summed E-state index contributed by atoms with van der Waals surface area (Å²) in [6, 6.07) is 2.79. The average molecular weight is 450 g/mol. The van der Waals surface area contributed by atoms with Gasteiger partial charge in [0.25, 0.3) is 0 Å². The molecule has 2 aromatic rings. The van der Waals surface area contributed by atoms with E-state index in [0.29, 0.717) is 11.2 Å². The number of aliphatic hydroxyl groups is 2. The fraction of sp³-hybridized carbons (Fsp3) is 0.636. The Labute approximate surface area is 188 Å². The number of aliphatic hydroxyl groups excluding tert-OH is 2. The lowest BCUT2D eigenvalue weighted by Crippen LogP contribution is -2.40. The molecule has 32 heavy (non-hydrogen) atoms. The number of nitrogens with zero attached hydrogens (tertiary/aromatic N) is 4. The molecule has 0 aliphatic carbocycles. The molecule has 2 rings (SSSR count). The first-order valence-electron chi connectivity index (χ1n) is 11.2. The molecule has 0 aliphatic heterocycles. The number of hydrogen-bond acceptors (Lipinski definition) is 9. The van der Waals surface area contributed by atoms with E-state index in [0.717, 1.165) is 38.6 Å². The van der Waals surface area contributed by atoms with Crippen LogP contribution in [0.4, 0.5) is 11.4 Å². The molecule has 1 heterocycles. The topological polar surface area (TPSA) is 138 Å². The number of nitro groups is 1. The van der Waals surface area contributed by atoms with Crippen molar-refractivity contribution in [2.45, 2.75) is 63.5 Å². The molecule has 0 saturated heterocycles. The summed E-state index contributed by atoms with van der Waals surface area (Å²) >= 11 is 0. The maximum Gasteiger partial charge on any atom is 0.300 e. The molecule has 0 fully saturated rings. The Balaban J connectivity index is 1.52. The monoisotopic (exact) mass is 449 g/mol. The lowest BCUT2D eigenvalue weighted by Gasteiger charge is -2.25. The molecule has 10 heteroatoms. The Morgan fingerprint density at radius 1 is 1.12 bits per heavy atom. The van der Waals surface area contributed by atoms with Crippen molar-refractivity contribution >= 4 is 22.4 Å². The zero-order valence-electron chi connectivity index (χ0n) is 18.9. The molecular formula is C22H35N5O5. The van der Waals surface area contributed by atoms with E-state index in [1.807, 2.05) is 25.1 Å². The first kappa shape index (κ1) is 25.7. The molecule has 3 N–H and O–H groups in total. The highest BCUT2D eigenvalue weighted by Gasteiger charge is 2.19. The van der Waals surface area contributed by atoms with E-state index in [1.54, 1.807) is 12.1 Å². The SMILES string of the molecule is CN(C)[C@@H](CO)[C@H](O)/C=C/CCCCCCCCCNc1ccc([N+](=O)[O-])c2nonc12. The van der Waals surface area contributed by atoms with Gasteiger partial charge in [-0.25, -0.2) is 4.63 Å². The Bertz CT molecular complexity index is 854. The summed E-state index contributed by atoms with van der Waals surface area (Å²) in [7, 11) is 3.69. The molecular weight excluding hydrogens is 414 g/mol. The largest absolute Gasteiger partial charge is 0.395 e. The molecule has 0 spiro atoms. The lowest BCUT2D eigenvalue weighted by atomic mass is 10.1. The van der Waals surface area contributed by atoms with Gasteiger partial charge < -0.3 is 20.4 Å². The van der Waals surface area contributed by atoms with Crippen LogP contribution in [0, 0.1) is 10.1 Å². The molecule has 0 unspecified atom stereocenters. The molecule has 0 saturated carbocycles. The predicted molar refractivity (Wildman–Crippen MR) is 124 cm³/mol. The number of non-ortho nitro benzene ring substituents is 1. The number of hydrogen-bond donors (Lipinski definition) is 3. The van der Waals surface area contributed by atoms with E-state index in [4.69, 9.17) is 0 Å². The van der Waals surface area contributed by atoms with E-state index in [-0.39, 0.29) is 23.9 Å². The highest BCUT2D eigenvalue weighted by atomic mass is 16.6. The van der Waals surface area contributed by atoms with Crippen LogP contribution in [0.3, 0.4) is 0 Å². The van der Waals surface area contributed by atoms with Crippen LogP contribution < -0.4 is 5.32 Å². The van der Waals surface area contributed by atoms with Crippen LogP contribution >= 0.6 is 0 Å². The van der Waals surface area contributed by atoms with Crippen LogP contribution in [0.25, 0.3) is 11.0 Å². The van der Waals surface area contributed by atoms with Crippen LogP contribution in [0.15, 0.2) is 28.9 Å². The van der Waals surface area contributed by atoms with Gasteiger partial charge in [-0.05, 0) is 49.7 Å². The third-order valence-corrected chi connectivity index (χ3v) is 5.53. The highest BCUT2D eigenvalue weighted by Crippen LogP contribution is 2.28. The second-order valence-electron chi connectivity index (χ2n) is 8.17. The molecule has 0 amide bonds. The Hall–Kier alpha value is -2.56. The lowest BCUT2D eigenvalue weighted by molar-refractivity contribution is -0.383. The summed E-state index contributed by atoms with van der Waals surface area (Å²) in [5.41, 5.74) is 1.13. The zero-order valence-corrected chi connectivity index (χ0v) is 18.9. The van der Waals surface area contributed by atoms with Crippen LogP contribution in [-0.2, 0) is 0 Å². The molecule has 0 radical (unpaired) electrons. The van der Waals surface area contributed by atoms with Crippen molar-refractivity contribution in [2.24, 2.45) is 0 Å². The molecule has 178 valence electrons. The number of benzene rings is 1. The van der Waals surface area contributed by atoms with Crippen molar-refractivity contribution in [2.75, 3.05) is 32.6 Å². The number of fused-ring (bicyclic) bond motifs is 1. The van der Waals surface area contributed by atoms with Crippen LogP contribution in [-0.4, -0.2) is 69.7 Å². The Kier molecular flexibility index (Phi) is 11.1. The number of nitrogens with one attached hydrogen (secondary N) is 1. The van der Waals surface area contributed by atoms with E-state index < -0.39 is 11.0 Å². The minimum absolute atomic E-state index is 0.0658. The first-order chi connectivity index (χ1) is 15.5. The maximum atomic E-state index is 11.0. The van der Waals surface area contributed by atoms with Crippen molar-refractivity contribution in [3.63, 3.8) is 0 Å². The smallest absolute Gasteiger partial charge is 0.300 e. The fourth-order valence-corrected chi connectivity index (χ4v) is 3.58. The minimum Gasteiger partial charge on any atom is -0.395 e. The number of allylic oxidation sites excluding steroid dienone is 1.